The first-order chi connectivity index (χ1) is 9.56. The molecular weight excluding hydrogens is 303 g/mol. The Hall–Kier alpha value is -1.46. The fourth-order valence-corrected chi connectivity index (χ4v) is 3.68. The first kappa shape index (κ1) is 13.5. The quantitative estimate of drug-likeness (QED) is 0.788. The van der Waals surface area contributed by atoms with Crippen LogP contribution in [-0.2, 0) is 9.53 Å². The number of hydrogen-bond acceptors (Lipinski definition) is 4. The standard InChI is InChI=1S/C14H10ClFO3S/c15-12-8-5-4-7(16)6-11(8)20-13(12)14(18)19-10-3-1-2-9(10)17/h4-6,10H,1-3H2/t10-/m0/s1. The smallest absolute Gasteiger partial charge is 0.350 e. The lowest BCUT2D eigenvalue weighted by Crippen LogP contribution is -2.21. The molecule has 3 nitrogen and oxygen atoms in total. The van der Waals surface area contributed by atoms with Crippen molar-refractivity contribution in [2.75, 3.05) is 0 Å². The molecule has 1 fully saturated rings. The third-order valence-electron chi connectivity index (χ3n) is 3.27. The largest absolute Gasteiger partial charge is 0.450 e. The second-order valence-corrected chi connectivity index (χ2v) is 6.07. The van der Waals surface area contributed by atoms with Gasteiger partial charge in [0.25, 0.3) is 0 Å². The topological polar surface area (TPSA) is 43.4 Å². The van der Waals surface area contributed by atoms with E-state index in [0.29, 0.717) is 22.9 Å². The van der Waals surface area contributed by atoms with Crippen molar-refractivity contribution in [2.45, 2.75) is 25.4 Å². The average Bonchev–Trinajstić information content (AvgIpc) is 2.94. The van der Waals surface area contributed by atoms with Crippen molar-refractivity contribution in [1.29, 1.82) is 0 Å². The Bertz CT molecular complexity index is 710. The zero-order valence-corrected chi connectivity index (χ0v) is 11.9. The van der Waals surface area contributed by atoms with Crippen LogP contribution in [0.3, 0.4) is 0 Å². The molecule has 0 radical (unpaired) electrons. The molecule has 1 aromatic heterocycles. The molecule has 1 atom stereocenters. The van der Waals surface area contributed by atoms with E-state index in [4.69, 9.17) is 16.3 Å². The average molecular weight is 313 g/mol. The van der Waals surface area contributed by atoms with Crippen molar-refractivity contribution in [3.63, 3.8) is 0 Å². The number of carbonyl (C=O) groups is 2. The van der Waals surface area contributed by atoms with Gasteiger partial charge in [0.2, 0.25) is 0 Å². The van der Waals surface area contributed by atoms with E-state index in [-0.39, 0.29) is 21.5 Å². The minimum atomic E-state index is -0.666. The number of esters is 1. The summed E-state index contributed by atoms with van der Waals surface area (Å²) in [6.45, 7) is 0. The van der Waals surface area contributed by atoms with Gasteiger partial charge in [0, 0.05) is 16.5 Å². The summed E-state index contributed by atoms with van der Waals surface area (Å²) in [5.41, 5.74) is 0. The second kappa shape index (κ2) is 5.14. The van der Waals surface area contributed by atoms with Crippen molar-refractivity contribution in [3.05, 3.63) is 33.9 Å². The molecule has 20 heavy (non-hydrogen) atoms. The summed E-state index contributed by atoms with van der Waals surface area (Å²) >= 11 is 7.20. The summed E-state index contributed by atoms with van der Waals surface area (Å²) in [5.74, 6) is -1.06. The summed E-state index contributed by atoms with van der Waals surface area (Å²) in [4.78, 5) is 23.8. The zero-order chi connectivity index (χ0) is 14.3. The van der Waals surface area contributed by atoms with Crippen molar-refractivity contribution < 1.29 is 18.7 Å². The van der Waals surface area contributed by atoms with Gasteiger partial charge in [-0.25, -0.2) is 9.18 Å². The lowest BCUT2D eigenvalue weighted by molar-refractivity contribution is -0.124. The Morgan fingerprint density at radius 2 is 2.25 bits per heavy atom. The fourth-order valence-electron chi connectivity index (χ4n) is 2.26. The molecule has 0 amide bonds. The van der Waals surface area contributed by atoms with Gasteiger partial charge in [0.05, 0.1) is 5.02 Å². The number of ether oxygens (including phenoxy) is 1. The van der Waals surface area contributed by atoms with Crippen LogP contribution >= 0.6 is 22.9 Å². The predicted octanol–water partition coefficient (Wildman–Crippen LogP) is 3.97. The summed E-state index contributed by atoms with van der Waals surface area (Å²) in [6.07, 6.45) is 1.08. The number of Topliss-reactive ketones (excluding diaryl/α,β-unsaturated/α-hetero) is 1. The van der Waals surface area contributed by atoms with E-state index < -0.39 is 12.1 Å². The summed E-state index contributed by atoms with van der Waals surface area (Å²) in [5, 5.41) is 0.864. The third-order valence-corrected chi connectivity index (χ3v) is 4.91. The number of hydrogen-bond donors (Lipinski definition) is 0. The normalized spacial score (nSPS) is 18.7. The molecule has 3 rings (SSSR count). The number of carbonyl (C=O) groups excluding carboxylic acids is 2. The van der Waals surface area contributed by atoms with E-state index in [1.807, 2.05) is 0 Å². The number of ketones is 1. The molecule has 1 aromatic carbocycles. The molecule has 0 bridgehead atoms. The van der Waals surface area contributed by atoms with Gasteiger partial charge in [-0.1, -0.05) is 11.6 Å². The summed E-state index contributed by atoms with van der Waals surface area (Å²) in [7, 11) is 0. The van der Waals surface area contributed by atoms with Crippen LogP contribution in [0.25, 0.3) is 10.1 Å². The maximum atomic E-state index is 13.2. The molecule has 0 N–H and O–H groups in total. The minimum Gasteiger partial charge on any atom is -0.450 e. The van der Waals surface area contributed by atoms with Crippen LogP contribution in [0, 0.1) is 5.82 Å². The van der Waals surface area contributed by atoms with Crippen molar-refractivity contribution in [2.24, 2.45) is 0 Å². The Balaban J connectivity index is 1.91. The van der Waals surface area contributed by atoms with Crippen molar-refractivity contribution in [3.8, 4) is 0 Å². The highest BCUT2D eigenvalue weighted by Crippen LogP contribution is 2.36. The Labute approximate surface area is 123 Å². The van der Waals surface area contributed by atoms with Gasteiger partial charge in [-0.2, -0.15) is 0 Å². The first-order valence-corrected chi connectivity index (χ1v) is 7.37. The predicted molar refractivity (Wildman–Crippen MR) is 74.9 cm³/mol. The number of halogens is 2. The molecule has 0 aliphatic heterocycles. The third kappa shape index (κ3) is 2.31. The lowest BCUT2D eigenvalue weighted by Gasteiger charge is -2.09. The molecule has 0 unspecified atom stereocenters. The van der Waals surface area contributed by atoms with Crippen LogP contribution in [0.2, 0.25) is 5.02 Å². The van der Waals surface area contributed by atoms with Crippen molar-refractivity contribution in [1.82, 2.24) is 0 Å². The molecule has 0 spiro atoms. The molecule has 1 aliphatic rings. The number of fused-ring (bicyclic) bond motifs is 1. The van der Waals surface area contributed by atoms with Gasteiger partial charge in [-0.05, 0) is 31.0 Å². The molecule has 1 saturated carbocycles. The van der Waals surface area contributed by atoms with E-state index >= 15 is 0 Å². The molecule has 0 saturated heterocycles. The van der Waals surface area contributed by atoms with Gasteiger partial charge in [-0.15, -0.1) is 11.3 Å². The molecule has 1 heterocycles. The molecule has 104 valence electrons. The second-order valence-electron chi connectivity index (χ2n) is 4.64. The highest BCUT2D eigenvalue weighted by atomic mass is 35.5. The summed E-state index contributed by atoms with van der Waals surface area (Å²) < 4.78 is 18.9. The Kier molecular flexibility index (Phi) is 3.48. The van der Waals surface area contributed by atoms with Gasteiger partial charge in [0.15, 0.2) is 11.9 Å². The van der Waals surface area contributed by atoms with Gasteiger partial charge < -0.3 is 4.74 Å². The van der Waals surface area contributed by atoms with E-state index in [2.05, 4.69) is 0 Å². The van der Waals surface area contributed by atoms with E-state index in [1.165, 1.54) is 18.2 Å². The van der Waals surface area contributed by atoms with Crippen LogP contribution in [0.15, 0.2) is 18.2 Å². The van der Waals surface area contributed by atoms with Gasteiger partial charge in [0.1, 0.15) is 10.7 Å². The Morgan fingerprint density at radius 3 is 2.95 bits per heavy atom. The minimum absolute atomic E-state index is 0.0540. The van der Waals surface area contributed by atoms with Gasteiger partial charge in [-0.3, -0.25) is 4.79 Å². The van der Waals surface area contributed by atoms with Crippen LogP contribution in [0.1, 0.15) is 28.9 Å². The maximum absolute atomic E-state index is 13.2. The highest BCUT2D eigenvalue weighted by molar-refractivity contribution is 7.21. The lowest BCUT2D eigenvalue weighted by atomic mass is 10.2. The van der Waals surface area contributed by atoms with Crippen LogP contribution in [-0.4, -0.2) is 17.9 Å². The number of rotatable bonds is 2. The SMILES string of the molecule is O=C(O[C@H]1CCCC1=O)c1sc2cc(F)ccc2c1Cl. The van der Waals surface area contributed by atoms with E-state index in [1.54, 1.807) is 0 Å². The number of thiophene rings is 1. The van der Waals surface area contributed by atoms with Gasteiger partial charge >= 0.3 is 5.97 Å². The highest BCUT2D eigenvalue weighted by Gasteiger charge is 2.30. The molecular formula is C14H10ClFO3S. The summed E-state index contributed by atoms with van der Waals surface area (Å²) in [6, 6.07) is 4.14. The first-order valence-electron chi connectivity index (χ1n) is 6.17. The fraction of sp³-hybridized carbons (Fsp3) is 0.286. The number of benzene rings is 1. The van der Waals surface area contributed by atoms with Crippen molar-refractivity contribution >= 4 is 44.8 Å². The Morgan fingerprint density at radius 1 is 1.45 bits per heavy atom. The molecule has 6 heteroatoms. The maximum Gasteiger partial charge on any atom is 0.350 e. The van der Waals surface area contributed by atoms with E-state index in [9.17, 15) is 14.0 Å². The van der Waals surface area contributed by atoms with Crippen LogP contribution in [0.4, 0.5) is 4.39 Å². The molecule has 1 aliphatic carbocycles. The monoisotopic (exact) mass is 312 g/mol. The van der Waals surface area contributed by atoms with Crippen LogP contribution in [0.5, 0.6) is 0 Å². The zero-order valence-electron chi connectivity index (χ0n) is 10.3. The van der Waals surface area contributed by atoms with Crippen LogP contribution < -0.4 is 0 Å². The molecule has 2 aromatic rings. The van der Waals surface area contributed by atoms with E-state index in [0.717, 1.165) is 17.8 Å².